The number of guanidine groups is 1. The van der Waals surface area contributed by atoms with Gasteiger partial charge >= 0.3 is 0 Å². The van der Waals surface area contributed by atoms with Crippen molar-refractivity contribution in [2.75, 3.05) is 26.2 Å². The summed E-state index contributed by atoms with van der Waals surface area (Å²) in [6.45, 7) is 4.16. The van der Waals surface area contributed by atoms with Gasteiger partial charge in [-0.1, -0.05) is 35.9 Å². The van der Waals surface area contributed by atoms with E-state index in [1.165, 1.54) is 5.56 Å². The molecule has 2 rings (SSSR count). The molecule has 0 spiro atoms. The fourth-order valence-corrected chi connectivity index (χ4v) is 2.78. The Labute approximate surface area is 194 Å². The smallest absolute Gasteiger partial charge is 0.255 e. The number of amides is 1. The topological polar surface area (TPSA) is 88.7 Å². The molecule has 158 valence electrons. The molecule has 0 atom stereocenters. The molecule has 29 heavy (non-hydrogen) atoms. The van der Waals surface area contributed by atoms with Gasteiger partial charge in [0.05, 0.1) is 0 Å². The average Bonchev–Trinajstić information content (AvgIpc) is 2.67. The van der Waals surface area contributed by atoms with Crippen LogP contribution in [0.3, 0.4) is 0 Å². The standard InChI is InChI=1S/C21H27ClN4O2.HI/c1-2-24-21(26-13-11-17-4-3-5-18(22)14-17)25-12-10-16-6-8-19(9-7-16)28-15-20(23)27;/h3-9,14H,2,10-13,15H2,1H3,(H2,23,27)(H2,24,25,26);1H. The number of ether oxygens (including phenoxy) is 1. The maximum Gasteiger partial charge on any atom is 0.255 e. The number of rotatable bonds is 10. The molecule has 0 saturated carbocycles. The number of aliphatic imine (C=N–C) groups is 1. The van der Waals surface area contributed by atoms with Crippen LogP contribution in [0.2, 0.25) is 5.02 Å². The van der Waals surface area contributed by atoms with Gasteiger partial charge in [-0.2, -0.15) is 0 Å². The average molecular weight is 531 g/mol. The molecule has 6 nitrogen and oxygen atoms in total. The van der Waals surface area contributed by atoms with E-state index in [9.17, 15) is 4.79 Å². The van der Waals surface area contributed by atoms with Crippen molar-refractivity contribution in [1.82, 2.24) is 10.6 Å². The second kappa shape index (κ2) is 14.1. The number of hydrogen-bond acceptors (Lipinski definition) is 3. The van der Waals surface area contributed by atoms with Crippen molar-refractivity contribution < 1.29 is 9.53 Å². The van der Waals surface area contributed by atoms with Gasteiger partial charge in [0.15, 0.2) is 12.6 Å². The fourth-order valence-electron chi connectivity index (χ4n) is 2.56. The first kappa shape index (κ1) is 25.0. The Balaban J connectivity index is 0.00000420. The number of carbonyl (C=O) groups excluding carboxylic acids is 1. The molecule has 8 heteroatoms. The highest BCUT2D eigenvalue weighted by atomic mass is 127. The van der Waals surface area contributed by atoms with E-state index in [1.54, 1.807) is 0 Å². The quantitative estimate of drug-likeness (QED) is 0.250. The highest BCUT2D eigenvalue weighted by molar-refractivity contribution is 14.0. The van der Waals surface area contributed by atoms with E-state index < -0.39 is 5.91 Å². The SMILES string of the molecule is CCNC(=NCCc1ccc(OCC(N)=O)cc1)NCCc1cccc(Cl)c1.I. The number of primary amides is 1. The first-order valence-electron chi connectivity index (χ1n) is 9.33. The molecule has 0 saturated heterocycles. The van der Waals surface area contributed by atoms with Gasteiger partial charge in [-0.25, -0.2) is 0 Å². The van der Waals surface area contributed by atoms with Crippen molar-refractivity contribution in [3.05, 3.63) is 64.7 Å². The summed E-state index contributed by atoms with van der Waals surface area (Å²) in [6, 6.07) is 15.5. The van der Waals surface area contributed by atoms with E-state index in [0.717, 1.165) is 42.5 Å². The van der Waals surface area contributed by atoms with Crippen LogP contribution >= 0.6 is 35.6 Å². The number of hydrogen-bond donors (Lipinski definition) is 3. The molecular weight excluding hydrogens is 503 g/mol. The Morgan fingerprint density at radius 1 is 1.10 bits per heavy atom. The Morgan fingerprint density at radius 2 is 1.86 bits per heavy atom. The molecule has 0 aliphatic carbocycles. The molecular formula is C21H28ClIN4O2. The van der Waals surface area contributed by atoms with Crippen molar-refractivity contribution in [1.29, 1.82) is 0 Å². The van der Waals surface area contributed by atoms with Gasteiger partial charge in [0.2, 0.25) is 0 Å². The van der Waals surface area contributed by atoms with Crippen LogP contribution in [0.1, 0.15) is 18.1 Å². The number of carbonyl (C=O) groups is 1. The van der Waals surface area contributed by atoms with E-state index in [2.05, 4.69) is 21.7 Å². The lowest BCUT2D eigenvalue weighted by Gasteiger charge is -2.11. The Hall–Kier alpha value is -2.00. The first-order valence-corrected chi connectivity index (χ1v) is 9.71. The third-order valence-electron chi connectivity index (χ3n) is 3.91. The summed E-state index contributed by atoms with van der Waals surface area (Å²) in [5, 5.41) is 7.35. The lowest BCUT2D eigenvalue weighted by atomic mass is 10.1. The van der Waals surface area contributed by atoms with Gasteiger partial charge in [0.1, 0.15) is 5.75 Å². The molecule has 4 N–H and O–H groups in total. The van der Waals surface area contributed by atoms with Crippen LogP contribution in [-0.2, 0) is 17.6 Å². The summed E-state index contributed by atoms with van der Waals surface area (Å²) >= 11 is 6.02. The minimum absolute atomic E-state index is 0. The van der Waals surface area contributed by atoms with Crippen molar-refractivity contribution in [3.63, 3.8) is 0 Å². The van der Waals surface area contributed by atoms with E-state index in [1.807, 2.05) is 49.4 Å². The number of nitrogens with zero attached hydrogens (tertiary/aromatic N) is 1. The summed E-state index contributed by atoms with van der Waals surface area (Å²) in [5.74, 6) is 0.935. The van der Waals surface area contributed by atoms with E-state index in [4.69, 9.17) is 22.1 Å². The van der Waals surface area contributed by atoms with Gasteiger partial charge < -0.3 is 21.1 Å². The molecule has 2 aromatic rings. The van der Waals surface area contributed by atoms with Crippen LogP contribution < -0.4 is 21.1 Å². The van der Waals surface area contributed by atoms with Crippen LogP contribution in [0.5, 0.6) is 5.75 Å². The van der Waals surface area contributed by atoms with Crippen molar-refractivity contribution >= 4 is 47.4 Å². The Morgan fingerprint density at radius 3 is 2.52 bits per heavy atom. The maximum absolute atomic E-state index is 10.7. The molecule has 0 aliphatic rings. The monoisotopic (exact) mass is 530 g/mol. The fraction of sp³-hybridized carbons (Fsp3) is 0.333. The van der Waals surface area contributed by atoms with Gasteiger partial charge in [-0.3, -0.25) is 9.79 Å². The second-order valence-electron chi connectivity index (χ2n) is 6.22. The largest absolute Gasteiger partial charge is 0.484 e. The van der Waals surface area contributed by atoms with E-state index in [0.29, 0.717) is 12.3 Å². The summed E-state index contributed by atoms with van der Waals surface area (Å²) in [5.41, 5.74) is 7.40. The molecule has 0 aromatic heterocycles. The summed E-state index contributed by atoms with van der Waals surface area (Å²) in [4.78, 5) is 15.3. The normalized spacial score (nSPS) is 10.8. The third kappa shape index (κ3) is 10.4. The van der Waals surface area contributed by atoms with E-state index in [-0.39, 0.29) is 30.6 Å². The Bertz CT molecular complexity index is 785. The number of halogens is 2. The minimum atomic E-state index is -0.489. The van der Waals surface area contributed by atoms with Gasteiger partial charge in [0.25, 0.3) is 5.91 Å². The predicted octanol–water partition coefficient (Wildman–Crippen LogP) is 3.16. The Kier molecular flexibility index (Phi) is 12.1. The zero-order valence-electron chi connectivity index (χ0n) is 16.5. The molecule has 2 aromatic carbocycles. The number of benzene rings is 2. The molecule has 0 unspecified atom stereocenters. The molecule has 0 radical (unpaired) electrons. The first-order chi connectivity index (χ1) is 13.6. The molecule has 0 heterocycles. The van der Waals surface area contributed by atoms with Crippen LogP contribution in [-0.4, -0.2) is 38.1 Å². The van der Waals surface area contributed by atoms with Gasteiger partial charge in [-0.05, 0) is 55.2 Å². The highest BCUT2D eigenvalue weighted by Crippen LogP contribution is 2.12. The molecule has 0 aliphatic heterocycles. The minimum Gasteiger partial charge on any atom is -0.484 e. The second-order valence-corrected chi connectivity index (χ2v) is 6.65. The molecule has 1 amide bonds. The van der Waals surface area contributed by atoms with Crippen molar-refractivity contribution in [2.24, 2.45) is 10.7 Å². The van der Waals surface area contributed by atoms with Crippen LogP contribution in [0.15, 0.2) is 53.5 Å². The zero-order chi connectivity index (χ0) is 20.2. The third-order valence-corrected chi connectivity index (χ3v) is 4.15. The number of nitrogens with two attached hydrogens (primary N) is 1. The van der Waals surface area contributed by atoms with Crippen LogP contribution in [0, 0.1) is 0 Å². The van der Waals surface area contributed by atoms with Gasteiger partial charge in [-0.15, -0.1) is 24.0 Å². The van der Waals surface area contributed by atoms with Crippen molar-refractivity contribution in [3.8, 4) is 5.75 Å². The summed E-state index contributed by atoms with van der Waals surface area (Å²) < 4.78 is 5.25. The predicted molar refractivity (Wildman–Crippen MR) is 129 cm³/mol. The lowest BCUT2D eigenvalue weighted by molar-refractivity contribution is -0.119. The highest BCUT2D eigenvalue weighted by Gasteiger charge is 2.01. The maximum atomic E-state index is 10.7. The van der Waals surface area contributed by atoms with E-state index >= 15 is 0 Å². The lowest BCUT2D eigenvalue weighted by Crippen LogP contribution is -2.38. The molecule has 0 bridgehead atoms. The van der Waals surface area contributed by atoms with Crippen molar-refractivity contribution in [2.45, 2.75) is 19.8 Å². The van der Waals surface area contributed by atoms with Gasteiger partial charge in [0, 0.05) is 24.7 Å². The number of nitrogens with one attached hydrogen (secondary N) is 2. The summed E-state index contributed by atoms with van der Waals surface area (Å²) in [7, 11) is 0. The molecule has 0 fully saturated rings. The van der Waals surface area contributed by atoms with Crippen LogP contribution in [0.25, 0.3) is 0 Å². The zero-order valence-corrected chi connectivity index (χ0v) is 19.6. The summed E-state index contributed by atoms with van der Waals surface area (Å²) in [6.07, 6.45) is 1.68. The van der Waals surface area contributed by atoms with Crippen LogP contribution in [0.4, 0.5) is 0 Å².